The Morgan fingerprint density at radius 3 is 2.44 bits per heavy atom. The Balaban J connectivity index is 3.02. The van der Waals surface area contributed by atoms with E-state index in [1.54, 1.807) is 12.1 Å². The Hall–Kier alpha value is -1.54. The topological polar surface area (TPSA) is 26.3 Å². The molecule has 3 heteroatoms. The molecule has 0 atom stereocenters. The van der Waals surface area contributed by atoms with Gasteiger partial charge in [-0.1, -0.05) is 35.4 Å². The fourth-order valence-corrected chi connectivity index (χ4v) is 1.60. The first-order valence-electron chi connectivity index (χ1n) is 5.73. The molecule has 2 nitrogen and oxygen atoms in total. The number of allylic oxidation sites excluding steroid dienone is 2. The Bertz CT molecular complexity index is 470. The summed E-state index contributed by atoms with van der Waals surface area (Å²) in [5.74, 6) is -0.300. The maximum atomic E-state index is 11.7. The summed E-state index contributed by atoms with van der Waals surface area (Å²) in [4.78, 5) is 11.7. The fourth-order valence-electron chi connectivity index (χ4n) is 1.48. The molecule has 0 amide bonds. The van der Waals surface area contributed by atoms with Crippen LogP contribution in [-0.4, -0.2) is 13.1 Å². The smallest absolute Gasteiger partial charge is 0.334 e. The van der Waals surface area contributed by atoms with E-state index in [2.05, 4.69) is 0 Å². The van der Waals surface area contributed by atoms with Crippen molar-refractivity contribution in [2.24, 2.45) is 0 Å². The molecule has 0 aliphatic heterocycles. The van der Waals surface area contributed by atoms with E-state index in [4.69, 9.17) is 16.3 Å². The third-order valence-electron chi connectivity index (χ3n) is 2.62. The molecule has 0 aliphatic rings. The molecule has 0 heterocycles. The number of hydrogen-bond acceptors (Lipinski definition) is 2. The van der Waals surface area contributed by atoms with E-state index in [1.807, 2.05) is 38.1 Å². The molecule has 0 fully saturated rings. The molecule has 0 unspecified atom stereocenters. The van der Waals surface area contributed by atoms with E-state index in [0.717, 1.165) is 11.1 Å². The van der Waals surface area contributed by atoms with Gasteiger partial charge in [-0.3, -0.25) is 0 Å². The summed E-state index contributed by atoms with van der Waals surface area (Å²) in [5.41, 5.74) is 2.69. The minimum atomic E-state index is -0.300. The van der Waals surface area contributed by atoms with Gasteiger partial charge in [0, 0.05) is 17.0 Å². The normalized spacial score (nSPS) is 12.4. The lowest BCUT2D eigenvalue weighted by atomic mass is 10.0. The molecule has 0 saturated heterocycles. The third kappa shape index (κ3) is 4.38. The van der Waals surface area contributed by atoms with Crippen LogP contribution in [0.25, 0.3) is 6.08 Å². The standard InChI is InChI=1S/C15H17ClO2/c1-4-11(2)9-13(15(17)18-3)10-12-5-7-14(16)8-6-12/h4-8,10H,9H2,1-3H3/b11-4+,13-10+. The first kappa shape index (κ1) is 14.5. The lowest BCUT2D eigenvalue weighted by molar-refractivity contribution is -0.136. The van der Waals surface area contributed by atoms with Crippen molar-refractivity contribution < 1.29 is 9.53 Å². The monoisotopic (exact) mass is 264 g/mol. The van der Waals surface area contributed by atoms with Crippen molar-refractivity contribution in [2.75, 3.05) is 7.11 Å². The minimum Gasteiger partial charge on any atom is -0.466 e. The second-order valence-electron chi connectivity index (χ2n) is 4.02. The second-order valence-corrected chi connectivity index (χ2v) is 4.46. The number of carbonyl (C=O) groups excluding carboxylic acids is 1. The van der Waals surface area contributed by atoms with Crippen LogP contribution >= 0.6 is 11.6 Å². The summed E-state index contributed by atoms with van der Waals surface area (Å²) in [6.07, 6.45) is 4.40. The van der Waals surface area contributed by atoms with Crippen LogP contribution in [0.15, 0.2) is 41.5 Å². The number of halogens is 1. The van der Waals surface area contributed by atoms with Gasteiger partial charge in [-0.15, -0.1) is 0 Å². The van der Waals surface area contributed by atoms with E-state index < -0.39 is 0 Å². The molecule has 0 radical (unpaired) electrons. The number of methoxy groups -OCH3 is 1. The van der Waals surface area contributed by atoms with Gasteiger partial charge in [-0.2, -0.15) is 0 Å². The van der Waals surface area contributed by atoms with Crippen molar-refractivity contribution in [1.29, 1.82) is 0 Å². The average molecular weight is 265 g/mol. The van der Waals surface area contributed by atoms with Crippen molar-refractivity contribution in [3.8, 4) is 0 Å². The molecule has 0 spiro atoms. The Kier molecular flexibility index (Phi) is 5.66. The summed E-state index contributed by atoms with van der Waals surface area (Å²) in [7, 11) is 1.39. The summed E-state index contributed by atoms with van der Waals surface area (Å²) in [6.45, 7) is 3.94. The van der Waals surface area contributed by atoms with Gasteiger partial charge in [0.15, 0.2) is 0 Å². The van der Waals surface area contributed by atoms with Gasteiger partial charge in [-0.25, -0.2) is 4.79 Å². The highest BCUT2D eigenvalue weighted by atomic mass is 35.5. The highest BCUT2D eigenvalue weighted by Crippen LogP contribution is 2.18. The molecule has 18 heavy (non-hydrogen) atoms. The number of ether oxygens (including phenoxy) is 1. The van der Waals surface area contributed by atoms with Crippen molar-refractivity contribution >= 4 is 23.6 Å². The molecular formula is C15H17ClO2. The average Bonchev–Trinajstić information content (AvgIpc) is 2.39. The third-order valence-corrected chi connectivity index (χ3v) is 2.87. The van der Waals surface area contributed by atoms with Crippen molar-refractivity contribution in [1.82, 2.24) is 0 Å². The zero-order chi connectivity index (χ0) is 13.5. The van der Waals surface area contributed by atoms with E-state index >= 15 is 0 Å². The lowest BCUT2D eigenvalue weighted by Gasteiger charge is -2.06. The molecule has 1 rings (SSSR count). The molecule has 0 saturated carbocycles. The quantitative estimate of drug-likeness (QED) is 0.462. The van der Waals surface area contributed by atoms with E-state index in [1.165, 1.54) is 7.11 Å². The summed E-state index contributed by atoms with van der Waals surface area (Å²) >= 11 is 5.82. The Morgan fingerprint density at radius 1 is 1.33 bits per heavy atom. The number of carbonyl (C=O) groups is 1. The van der Waals surface area contributed by atoms with E-state index in [-0.39, 0.29) is 5.97 Å². The van der Waals surface area contributed by atoms with Crippen LogP contribution < -0.4 is 0 Å². The summed E-state index contributed by atoms with van der Waals surface area (Å²) < 4.78 is 4.79. The predicted octanol–water partition coefficient (Wildman–Crippen LogP) is 4.25. The van der Waals surface area contributed by atoms with Crippen molar-refractivity contribution in [3.63, 3.8) is 0 Å². The Morgan fingerprint density at radius 2 is 1.94 bits per heavy atom. The van der Waals surface area contributed by atoms with Gasteiger partial charge >= 0.3 is 5.97 Å². The minimum absolute atomic E-state index is 0.300. The molecule has 0 bridgehead atoms. The molecule has 0 N–H and O–H groups in total. The summed E-state index contributed by atoms with van der Waals surface area (Å²) in [6, 6.07) is 7.34. The first-order chi connectivity index (χ1) is 8.56. The van der Waals surface area contributed by atoms with Crippen LogP contribution in [0.1, 0.15) is 25.8 Å². The van der Waals surface area contributed by atoms with Gasteiger partial charge in [0.2, 0.25) is 0 Å². The van der Waals surface area contributed by atoms with Crippen LogP contribution in [-0.2, 0) is 9.53 Å². The molecule has 1 aromatic rings. The van der Waals surface area contributed by atoms with Crippen LogP contribution in [0, 0.1) is 0 Å². The first-order valence-corrected chi connectivity index (χ1v) is 6.11. The summed E-state index contributed by atoms with van der Waals surface area (Å²) in [5, 5.41) is 0.677. The van der Waals surface area contributed by atoms with Crippen molar-refractivity contribution in [3.05, 3.63) is 52.1 Å². The largest absolute Gasteiger partial charge is 0.466 e. The number of rotatable bonds is 4. The number of benzene rings is 1. The zero-order valence-electron chi connectivity index (χ0n) is 10.9. The zero-order valence-corrected chi connectivity index (χ0v) is 11.6. The van der Waals surface area contributed by atoms with Crippen LogP contribution in [0.4, 0.5) is 0 Å². The van der Waals surface area contributed by atoms with Crippen LogP contribution in [0.5, 0.6) is 0 Å². The number of esters is 1. The van der Waals surface area contributed by atoms with Gasteiger partial charge in [0.1, 0.15) is 0 Å². The molecule has 96 valence electrons. The molecular weight excluding hydrogens is 248 g/mol. The highest BCUT2D eigenvalue weighted by molar-refractivity contribution is 6.30. The molecule has 1 aromatic carbocycles. The highest BCUT2D eigenvalue weighted by Gasteiger charge is 2.10. The fraction of sp³-hybridized carbons (Fsp3) is 0.267. The maximum absolute atomic E-state index is 11.7. The lowest BCUT2D eigenvalue weighted by Crippen LogP contribution is -2.05. The number of hydrogen-bond donors (Lipinski definition) is 0. The Labute approximate surface area is 113 Å². The van der Waals surface area contributed by atoms with Gasteiger partial charge in [-0.05, 0) is 37.6 Å². The maximum Gasteiger partial charge on any atom is 0.334 e. The SMILES string of the molecule is C/C=C(\C)C/C(=C\c1ccc(Cl)cc1)C(=O)OC. The van der Waals surface area contributed by atoms with Crippen molar-refractivity contribution in [2.45, 2.75) is 20.3 Å². The second kappa shape index (κ2) is 7.02. The van der Waals surface area contributed by atoms with Gasteiger partial charge < -0.3 is 4.74 Å². The van der Waals surface area contributed by atoms with E-state index in [0.29, 0.717) is 17.0 Å². The molecule has 0 aliphatic carbocycles. The van der Waals surface area contributed by atoms with Crippen LogP contribution in [0.2, 0.25) is 5.02 Å². The van der Waals surface area contributed by atoms with Gasteiger partial charge in [0.25, 0.3) is 0 Å². The molecule has 0 aromatic heterocycles. The van der Waals surface area contributed by atoms with E-state index in [9.17, 15) is 4.79 Å². The van der Waals surface area contributed by atoms with Crippen LogP contribution in [0.3, 0.4) is 0 Å². The van der Waals surface area contributed by atoms with Gasteiger partial charge in [0.05, 0.1) is 7.11 Å². The predicted molar refractivity (Wildman–Crippen MR) is 75.5 cm³/mol.